The number of aromatic amines is 1. The van der Waals surface area contributed by atoms with E-state index in [0.29, 0.717) is 31.1 Å². The van der Waals surface area contributed by atoms with Gasteiger partial charge in [0.15, 0.2) is 0 Å². The summed E-state index contributed by atoms with van der Waals surface area (Å²) < 4.78 is 81.6. The summed E-state index contributed by atoms with van der Waals surface area (Å²) in [4.78, 5) is 23.5. The van der Waals surface area contributed by atoms with Crippen molar-refractivity contribution in [2.75, 3.05) is 32.7 Å². The molecule has 1 amide bonds. The number of alkyl halides is 6. The Morgan fingerprint density at radius 1 is 0.829 bits per heavy atom. The van der Waals surface area contributed by atoms with E-state index in [4.69, 9.17) is 0 Å². The predicted octanol–water partition coefficient (Wildman–Crippen LogP) is 6.20. The molecular weight excluding hydrogens is 546 g/mol. The van der Waals surface area contributed by atoms with Gasteiger partial charge in [0, 0.05) is 60.4 Å². The third-order valence-corrected chi connectivity index (χ3v) is 8.97. The fourth-order valence-corrected chi connectivity index (χ4v) is 6.88. The van der Waals surface area contributed by atoms with E-state index in [-0.39, 0.29) is 18.7 Å². The summed E-state index contributed by atoms with van der Waals surface area (Å²) in [6.45, 7) is 3.76. The lowest BCUT2D eigenvalue weighted by Gasteiger charge is -2.51. The highest BCUT2D eigenvalue weighted by Crippen LogP contribution is 2.38. The molecule has 1 N–H and O–H groups in total. The molecule has 220 valence electrons. The maximum atomic E-state index is 13.9. The number of aromatic nitrogens is 1. The van der Waals surface area contributed by atoms with Gasteiger partial charge >= 0.3 is 12.4 Å². The summed E-state index contributed by atoms with van der Waals surface area (Å²) in [5.41, 5.74) is -1.67. The first-order chi connectivity index (χ1) is 19.5. The highest BCUT2D eigenvalue weighted by atomic mass is 19.4. The summed E-state index contributed by atoms with van der Waals surface area (Å²) >= 11 is 0. The van der Waals surface area contributed by atoms with Crippen LogP contribution in [0.25, 0.3) is 10.9 Å². The first-order valence-corrected chi connectivity index (χ1v) is 14.1. The van der Waals surface area contributed by atoms with Crippen LogP contribution in [0.1, 0.15) is 52.7 Å². The van der Waals surface area contributed by atoms with Gasteiger partial charge < -0.3 is 9.88 Å². The highest BCUT2D eigenvalue weighted by Gasteiger charge is 2.43. The standard InChI is InChI=1S/C30H32F6N4O/c31-29(32,33)21-11-19(12-22(14-21)30(34,35)36)28(41)40-18-24-8-7-23(38-9-3-4-10-38)16-39(24)17-25(40)13-20-15-37-27-6-2-1-5-26(20)27/h1-2,5-6,11-12,14-15,23-25,37H,3-4,7-10,13,16-18H2/t23-,24-,25-/m1/s1. The van der Waals surface area contributed by atoms with Crippen molar-refractivity contribution in [2.24, 2.45) is 0 Å². The maximum Gasteiger partial charge on any atom is 0.416 e. The molecule has 4 heterocycles. The molecule has 3 fully saturated rings. The number of fused-ring (bicyclic) bond motifs is 2. The molecular formula is C30H32F6N4O. The van der Waals surface area contributed by atoms with Gasteiger partial charge in [0.2, 0.25) is 0 Å². The van der Waals surface area contributed by atoms with Crippen molar-refractivity contribution in [3.63, 3.8) is 0 Å². The Morgan fingerprint density at radius 2 is 1.46 bits per heavy atom. The Bertz CT molecular complexity index is 1380. The average Bonchev–Trinajstić information content (AvgIpc) is 3.62. The van der Waals surface area contributed by atoms with E-state index in [2.05, 4.69) is 14.8 Å². The van der Waals surface area contributed by atoms with Gasteiger partial charge in [-0.1, -0.05) is 18.2 Å². The second kappa shape index (κ2) is 10.7. The SMILES string of the molecule is O=C(c1cc(C(F)(F)F)cc(C(F)(F)F)c1)N1C[C@H]2CC[C@@H](N3CCCC3)CN2C[C@H]1Cc1c[nH]c2ccccc12. The first kappa shape index (κ1) is 28.1. The van der Waals surface area contributed by atoms with Crippen molar-refractivity contribution in [1.29, 1.82) is 0 Å². The van der Waals surface area contributed by atoms with Crippen molar-refractivity contribution in [3.05, 3.63) is 70.9 Å². The van der Waals surface area contributed by atoms with E-state index >= 15 is 0 Å². The number of carbonyl (C=O) groups is 1. The number of halogens is 6. The van der Waals surface area contributed by atoms with Crippen molar-refractivity contribution >= 4 is 16.8 Å². The van der Waals surface area contributed by atoms with Crippen LogP contribution in [0.2, 0.25) is 0 Å². The summed E-state index contributed by atoms with van der Waals surface area (Å²) in [6, 6.07) is 8.89. The molecule has 3 aromatic rings. The average molecular weight is 579 g/mol. The zero-order valence-corrected chi connectivity index (χ0v) is 22.4. The molecule has 0 radical (unpaired) electrons. The van der Waals surface area contributed by atoms with Crippen LogP contribution in [-0.4, -0.2) is 76.4 Å². The molecule has 3 aliphatic rings. The van der Waals surface area contributed by atoms with E-state index in [9.17, 15) is 31.1 Å². The molecule has 0 saturated carbocycles. The van der Waals surface area contributed by atoms with Crippen molar-refractivity contribution in [2.45, 2.75) is 62.6 Å². The zero-order chi connectivity index (χ0) is 28.9. The maximum absolute atomic E-state index is 13.9. The van der Waals surface area contributed by atoms with Gasteiger partial charge in [-0.25, -0.2) is 0 Å². The monoisotopic (exact) mass is 578 g/mol. The molecule has 0 aliphatic carbocycles. The number of likely N-dealkylation sites (tertiary alicyclic amines) is 1. The van der Waals surface area contributed by atoms with Gasteiger partial charge in [-0.3, -0.25) is 14.6 Å². The lowest BCUT2D eigenvalue weighted by atomic mass is 9.90. The van der Waals surface area contributed by atoms with E-state index in [1.165, 1.54) is 17.7 Å². The third-order valence-electron chi connectivity index (χ3n) is 8.97. The number of hydrogen-bond donors (Lipinski definition) is 1. The van der Waals surface area contributed by atoms with Crippen LogP contribution in [0.5, 0.6) is 0 Å². The number of piperidine rings is 1. The Balaban J connectivity index is 1.33. The minimum Gasteiger partial charge on any atom is -0.361 e. The Morgan fingerprint density at radius 3 is 2.12 bits per heavy atom. The molecule has 5 nitrogen and oxygen atoms in total. The third kappa shape index (κ3) is 5.70. The van der Waals surface area contributed by atoms with E-state index in [1.54, 1.807) is 0 Å². The number of amides is 1. The van der Waals surface area contributed by atoms with Gasteiger partial charge in [0.1, 0.15) is 0 Å². The summed E-state index contributed by atoms with van der Waals surface area (Å²) in [6.07, 6.45) is -3.60. The molecule has 11 heteroatoms. The van der Waals surface area contributed by atoms with Crippen molar-refractivity contribution in [1.82, 2.24) is 19.7 Å². The van der Waals surface area contributed by atoms with Crippen LogP contribution < -0.4 is 0 Å². The highest BCUT2D eigenvalue weighted by molar-refractivity contribution is 5.95. The Labute approximate surface area is 234 Å². The van der Waals surface area contributed by atoms with Gasteiger partial charge in [-0.2, -0.15) is 26.3 Å². The number of nitrogens with one attached hydrogen (secondary N) is 1. The first-order valence-electron chi connectivity index (χ1n) is 14.1. The van der Waals surface area contributed by atoms with Crippen molar-refractivity contribution < 1.29 is 31.1 Å². The molecule has 3 atom stereocenters. The minimum absolute atomic E-state index is 0.00454. The van der Waals surface area contributed by atoms with Crippen LogP contribution in [-0.2, 0) is 18.8 Å². The molecule has 3 saturated heterocycles. The van der Waals surface area contributed by atoms with Gasteiger partial charge in [-0.15, -0.1) is 0 Å². The fraction of sp³-hybridized carbons (Fsp3) is 0.500. The van der Waals surface area contributed by atoms with Crippen LogP contribution >= 0.6 is 0 Å². The van der Waals surface area contributed by atoms with Crippen LogP contribution in [0.15, 0.2) is 48.7 Å². The Hall–Kier alpha value is -3.05. The molecule has 6 rings (SSSR count). The normalized spacial score (nSPS) is 24.6. The van der Waals surface area contributed by atoms with E-state index in [0.717, 1.165) is 48.9 Å². The number of nitrogens with zero attached hydrogens (tertiary/aromatic N) is 3. The van der Waals surface area contributed by atoms with Crippen LogP contribution in [0.3, 0.4) is 0 Å². The molecule has 3 aliphatic heterocycles. The summed E-state index contributed by atoms with van der Waals surface area (Å²) in [5.74, 6) is -0.798. The Kier molecular flexibility index (Phi) is 7.30. The summed E-state index contributed by atoms with van der Waals surface area (Å²) in [7, 11) is 0. The molecule has 41 heavy (non-hydrogen) atoms. The van der Waals surface area contributed by atoms with Crippen molar-refractivity contribution in [3.8, 4) is 0 Å². The van der Waals surface area contributed by atoms with Gasteiger partial charge in [-0.05, 0) is 75.0 Å². The fourth-order valence-electron chi connectivity index (χ4n) is 6.88. The van der Waals surface area contributed by atoms with Gasteiger partial charge in [0.25, 0.3) is 5.91 Å². The largest absolute Gasteiger partial charge is 0.416 e. The smallest absolute Gasteiger partial charge is 0.361 e. The second-order valence-corrected chi connectivity index (χ2v) is 11.6. The molecule has 1 aromatic heterocycles. The quantitative estimate of drug-likeness (QED) is 0.375. The lowest BCUT2D eigenvalue weighted by molar-refractivity contribution is -0.143. The molecule has 0 unspecified atom stereocenters. The summed E-state index contributed by atoms with van der Waals surface area (Å²) in [5, 5.41) is 0.981. The van der Waals surface area contributed by atoms with Gasteiger partial charge in [0.05, 0.1) is 11.1 Å². The predicted molar refractivity (Wildman–Crippen MR) is 142 cm³/mol. The second-order valence-electron chi connectivity index (χ2n) is 11.6. The van der Waals surface area contributed by atoms with E-state index < -0.39 is 41.0 Å². The molecule has 0 bridgehead atoms. The lowest BCUT2D eigenvalue weighted by Crippen LogP contribution is -2.64. The minimum atomic E-state index is -5.02. The van der Waals surface area contributed by atoms with Crippen LogP contribution in [0.4, 0.5) is 26.3 Å². The molecule has 0 spiro atoms. The molecule has 2 aromatic carbocycles. The van der Waals surface area contributed by atoms with Crippen LogP contribution in [0, 0.1) is 0 Å². The number of carbonyl (C=O) groups excluding carboxylic acids is 1. The zero-order valence-electron chi connectivity index (χ0n) is 22.4. The number of H-pyrrole nitrogens is 1. The number of para-hydroxylation sites is 1. The number of piperazine rings is 1. The van der Waals surface area contributed by atoms with E-state index in [1.807, 2.05) is 30.5 Å². The topological polar surface area (TPSA) is 42.6 Å². The number of hydrogen-bond acceptors (Lipinski definition) is 3. The number of benzene rings is 2. The number of rotatable bonds is 4.